The molecule has 0 aromatic heterocycles. The van der Waals surface area contributed by atoms with Crippen LogP contribution in [0.4, 0.5) is 0 Å². The Labute approximate surface area is 427 Å². The van der Waals surface area contributed by atoms with E-state index in [2.05, 4.69) is 93.7 Å². The van der Waals surface area contributed by atoms with Gasteiger partial charge in [-0.05, 0) is 89.9 Å². The van der Waals surface area contributed by atoms with Crippen molar-refractivity contribution in [2.24, 2.45) is 0 Å². The number of carbonyl (C=O) groups excluding carboxylic acids is 3. The molecular formula is C63H110O6. The first-order chi connectivity index (χ1) is 34.0. The molecule has 0 radical (unpaired) electrons. The van der Waals surface area contributed by atoms with E-state index in [9.17, 15) is 14.4 Å². The molecule has 0 aliphatic heterocycles. The van der Waals surface area contributed by atoms with Gasteiger partial charge in [0.1, 0.15) is 13.2 Å². The fourth-order valence-electron chi connectivity index (χ4n) is 8.29. The molecule has 398 valence electrons. The van der Waals surface area contributed by atoms with Crippen molar-refractivity contribution in [2.45, 2.75) is 297 Å². The van der Waals surface area contributed by atoms with E-state index in [1.165, 1.54) is 154 Å². The van der Waals surface area contributed by atoms with Gasteiger partial charge >= 0.3 is 17.9 Å². The topological polar surface area (TPSA) is 78.9 Å². The van der Waals surface area contributed by atoms with Crippen LogP contribution in [0.3, 0.4) is 0 Å². The first-order valence-corrected chi connectivity index (χ1v) is 29.4. The fraction of sp³-hybridized carbons (Fsp3) is 0.762. The van der Waals surface area contributed by atoms with Crippen molar-refractivity contribution >= 4 is 17.9 Å². The van der Waals surface area contributed by atoms with Crippen LogP contribution in [0.5, 0.6) is 0 Å². The van der Waals surface area contributed by atoms with E-state index in [-0.39, 0.29) is 37.5 Å². The molecule has 0 spiro atoms. The van der Waals surface area contributed by atoms with Crippen LogP contribution in [0.25, 0.3) is 0 Å². The van der Waals surface area contributed by atoms with Crippen LogP contribution < -0.4 is 0 Å². The van der Waals surface area contributed by atoms with Gasteiger partial charge in [-0.2, -0.15) is 0 Å². The maximum absolute atomic E-state index is 12.7. The van der Waals surface area contributed by atoms with E-state index in [0.29, 0.717) is 19.3 Å². The van der Waals surface area contributed by atoms with Crippen molar-refractivity contribution in [3.63, 3.8) is 0 Å². The van der Waals surface area contributed by atoms with E-state index >= 15 is 0 Å². The third-order valence-corrected chi connectivity index (χ3v) is 12.7. The smallest absolute Gasteiger partial charge is 0.306 e. The average Bonchev–Trinajstić information content (AvgIpc) is 3.35. The van der Waals surface area contributed by atoms with Gasteiger partial charge in [0.2, 0.25) is 0 Å². The standard InChI is InChI=1S/C63H110O6/c1-4-7-10-13-15-17-19-21-23-24-25-26-27-28-29-30-31-32-33-34-35-36-37-38-40-41-43-45-47-50-53-56-62(65)68-59-60(58-67-61(64)55-52-49-12-9-6-3)69-63(66)57-54-51-48-46-44-42-39-22-20-18-16-14-11-8-5-2/h8,11,16,18-19,21-22,24-25,39,44,46,60H,4-7,9-10,12-15,17,20,23,26-38,40-43,45,47-59H2,1-3H3/b11-8-,18-16-,21-19-,25-24-,39-22-,46-44-. The van der Waals surface area contributed by atoms with Gasteiger partial charge < -0.3 is 14.2 Å². The molecular weight excluding hydrogens is 853 g/mol. The molecule has 6 nitrogen and oxygen atoms in total. The Morgan fingerprint density at radius 2 is 0.565 bits per heavy atom. The molecule has 0 saturated heterocycles. The first-order valence-electron chi connectivity index (χ1n) is 29.4. The predicted molar refractivity (Wildman–Crippen MR) is 298 cm³/mol. The molecule has 69 heavy (non-hydrogen) atoms. The highest BCUT2D eigenvalue weighted by Gasteiger charge is 2.19. The van der Waals surface area contributed by atoms with Gasteiger partial charge in [0, 0.05) is 19.3 Å². The summed E-state index contributed by atoms with van der Waals surface area (Å²) in [5.41, 5.74) is 0. The summed E-state index contributed by atoms with van der Waals surface area (Å²) in [4.78, 5) is 37.7. The minimum atomic E-state index is -0.791. The number of carbonyl (C=O) groups is 3. The number of hydrogen-bond donors (Lipinski definition) is 0. The van der Waals surface area contributed by atoms with Gasteiger partial charge in [-0.1, -0.05) is 254 Å². The lowest BCUT2D eigenvalue weighted by molar-refractivity contribution is -0.167. The lowest BCUT2D eigenvalue weighted by Gasteiger charge is -2.18. The van der Waals surface area contributed by atoms with Gasteiger partial charge in [-0.25, -0.2) is 0 Å². The monoisotopic (exact) mass is 963 g/mol. The molecule has 1 unspecified atom stereocenters. The summed E-state index contributed by atoms with van der Waals surface area (Å²) in [7, 11) is 0. The fourth-order valence-corrected chi connectivity index (χ4v) is 8.29. The minimum absolute atomic E-state index is 0.0902. The van der Waals surface area contributed by atoms with Crippen LogP contribution in [0.2, 0.25) is 0 Å². The summed E-state index contributed by atoms with van der Waals surface area (Å²) in [5.74, 6) is -0.940. The summed E-state index contributed by atoms with van der Waals surface area (Å²) in [6, 6.07) is 0. The van der Waals surface area contributed by atoms with E-state index < -0.39 is 6.10 Å². The lowest BCUT2D eigenvalue weighted by Crippen LogP contribution is -2.30. The average molecular weight is 964 g/mol. The van der Waals surface area contributed by atoms with Crippen LogP contribution in [0.15, 0.2) is 72.9 Å². The molecule has 0 aliphatic rings. The molecule has 0 fully saturated rings. The molecule has 0 saturated carbocycles. The van der Waals surface area contributed by atoms with Gasteiger partial charge in [0.15, 0.2) is 6.10 Å². The minimum Gasteiger partial charge on any atom is -0.462 e. The van der Waals surface area contributed by atoms with E-state index in [1.807, 2.05) is 0 Å². The van der Waals surface area contributed by atoms with Crippen LogP contribution in [0, 0.1) is 0 Å². The molecule has 0 aliphatic carbocycles. The maximum atomic E-state index is 12.7. The number of ether oxygens (including phenoxy) is 3. The SMILES string of the molecule is CC/C=C\C/C=C\C/C=C\C/C=C\CCCCC(=O)OC(COC(=O)CCCCCCC)COC(=O)CCCCCCCCCCCCCCCCCCCCC/C=C\C/C=C\CCCCCCC. The van der Waals surface area contributed by atoms with Crippen molar-refractivity contribution in [3.05, 3.63) is 72.9 Å². The second-order valence-corrected chi connectivity index (χ2v) is 19.5. The molecule has 6 heteroatoms. The van der Waals surface area contributed by atoms with Gasteiger partial charge in [0.25, 0.3) is 0 Å². The number of allylic oxidation sites excluding steroid dienone is 12. The second kappa shape index (κ2) is 57.4. The summed E-state index contributed by atoms with van der Waals surface area (Å²) in [5, 5.41) is 0. The Bertz CT molecular complexity index is 1290. The lowest BCUT2D eigenvalue weighted by atomic mass is 10.0. The first kappa shape index (κ1) is 65.8. The van der Waals surface area contributed by atoms with E-state index in [4.69, 9.17) is 14.2 Å². The second-order valence-electron chi connectivity index (χ2n) is 19.5. The highest BCUT2D eigenvalue weighted by Crippen LogP contribution is 2.16. The van der Waals surface area contributed by atoms with Crippen molar-refractivity contribution < 1.29 is 28.6 Å². The van der Waals surface area contributed by atoms with Gasteiger partial charge in [0.05, 0.1) is 0 Å². The molecule has 0 heterocycles. The Hall–Kier alpha value is -3.15. The number of esters is 3. The third kappa shape index (κ3) is 55.6. The number of unbranched alkanes of at least 4 members (excludes halogenated alkanes) is 30. The largest absolute Gasteiger partial charge is 0.462 e. The highest BCUT2D eigenvalue weighted by molar-refractivity contribution is 5.71. The Balaban J connectivity index is 3.97. The predicted octanol–water partition coefficient (Wildman–Crippen LogP) is 19.8. The van der Waals surface area contributed by atoms with Gasteiger partial charge in [-0.3, -0.25) is 14.4 Å². The number of rotatable bonds is 53. The molecule has 0 aromatic rings. The Morgan fingerprint density at radius 3 is 0.913 bits per heavy atom. The number of hydrogen-bond acceptors (Lipinski definition) is 6. The Kier molecular flexibility index (Phi) is 54.8. The van der Waals surface area contributed by atoms with Crippen LogP contribution in [-0.2, 0) is 28.6 Å². The molecule has 0 rings (SSSR count). The zero-order chi connectivity index (χ0) is 50.0. The quantitative estimate of drug-likeness (QED) is 0.0262. The van der Waals surface area contributed by atoms with Crippen molar-refractivity contribution in [2.75, 3.05) is 13.2 Å². The summed E-state index contributed by atoms with van der Waals surface area (Å²) < 4.78 is 16.7. The van der Waals surface area contributed by atoms with Crippen LogP contribution in [0.1, 0.15) is 290 Å². The van der Waals surface area contributed by atoms with Crippen molar-refractivity contribution in [1.82, 2.24) is 0 Å². The molecule has 0 bridgehead atoms. The summed E-state index contributed by atoms with van der Waals surface area (Å²) in [6.07, 6.45) is 74.0. The molecule has 0 amide bonds. The summed E-state index contributed by atoms with van der Waals surface area (Å²) in [6.45, 7) is 6.41. The molecule has 0 aromatic carbocycles. The van der Waals surface area contributed by atoms with Crippen LogP contribution in [-0.4, -0.2) is 37.2 Å². The van der Waals surface area contributed by atoms with E-state index in [0.717, 1.165) is 89.9 Å². The maximum Gasteiger partial charge on any atom is 0.306 e. The van der Waals surface area contributed by atoms with Crippen molar-refractivity contribution in [3.8, 4) is 0 Å². The van der Waals surface area contributed by atoms with Crippen molar-refractivity contribution in [1.29, 1.82) is 0 Å². The Morgan fingerprint density at radius 1 is 0.304 bits per heavy atom. The van der Waals surface area contributed by atoms with Gasteiger partial charge in [-0.15, -0.1) is 0 Å². The zero-order valence-electron chi connectivity index (χ0n) is 45.6. The normalized spacial score (nSPS) is 12.6. The molecule has 1 atom stereocenters. The van der Waals surface area contributed by atoms with E-state index in [1.54, 1.807) is 0 Å². The highest BCUT2D eigenvalue weighted by atomic mass is 16.6. The third-order valence-electron chi connectivity index (χ3n) is 12.7. The zero-order valence-corrected chi connectivity index (χ0v) is 45.6. The summed E-state index contributed by atoms with van der Waals surface area (Å²) >= 11 is 0. The van der Waals surface area contributed by atoms with Crippen LogP contribution >= 0.6 is 0 Å². The molecule has 0 N–H and O–H groups in total.